The zero-order valence-corrected chi connectivity index (χ0v) is 9.49. The third-order valence-electron chi connectivity index (χ3n) is 2.19. The highest BCUT2D eigenvalue weighted by Gasteiger charge is 2.09. The molecule has 5 heteroatoms. The Bertz CT molecular complexity index is 543. The molecule has 0 radical (unpaired) electrons. The summed E-state index contributed by atoms with van der Waals surface area (Å²) < 4.78 is 37.2. The Hall–Kier alpha value is -1.72. The fourth-order valence-corrected chi connectivity index (χ4v) is 1.79. The molecule has 2 aromatic carbocycles. The zero-order valence-electron chi connectivity index (χ0n) is 8.67. The van der Waals surface area contributed by atoms with E-state index in [0.717, 1.165) is 0 Å². The summed E-state index contributed by atoms with van der Waals surface area (Å²) in [5.74, 6) is -0.265. The highest BCUT2D eigenvalue weighted by Crippen LogP contribution is 2.30. The number of hydrogen-bond donors (Lipinski definition) is 1. The quantitative estimate of drug-likeness (QED) is 0.854. The highest BCUT2D eigenvalue weighted by atomic mass is 32.2. The molecule has 0 heterocycles. The van der Waals surface area contributed by atoms with Crippen LogP contribution in [0.3, 0.4) is 0 Å². The van der Waals surface area contributed by atoms with Crippen LogP contribution in [0.1, 0.15) is 0 Å². The minimum atomic E-state index is -2.43. The van der Waals surface area contributed by atoms with Gasteiger partial charge in [0.25, 0.3) is 0 Å². The molecule has 0 aliphatic heterocycles. The molecular weight excluding hydrogens is 243 g/mol. The van der Waals surface area contributed by atoms with Crippen LogP contribution >= 0.6 is 0 Å². The Morgan fingerprint density at radius 2 is 1.82 bits per heavy atom. The number of hydrogen-bond acceptors (Lipinski definition) is 2. The van der Waals surface area contributed by atoms with Crippen molar-refractivity contribution in [3.63, 3.8) is 0 Å². The molecule has 17 heavy (non-hydrogen) atoms. The molecule has 0 fully saturated rings. The fourth-order valence-electron chi connectivity index (χ4n) is 1.49. The molecule has 2 aromatic rings. The number of rotatable bonds is 3. The first-order valence-corrected chi connectivity index (χ1v) is 5.84. The lowest BCUT2D eigenvalue weighted by atomic mass is 10.0. The SMILES string of the molecule is O=S(O)Oc1ccc(F)cc1-c1ccccc1. The van der Waals surface area contributed by atoms with Gasteiger partial charge in [-0.15, -0.1) is 0 Å². The molecule has 0 aromatic heterocycles. The second-order valence-electron chi connectivity index (χ2n) is 3.31. The monoisotopic (exact) mass is 252 g/mol. The summed E-state index contributed by atoms with van der Waals surface area (Å²) in [6.07, 6.45) is 0. The van der Waals surface area contributed by atoms with E-state index >= 15 is 0 Å². The molecule has 1 N–H and O–H groups in total. The summed E-state index contributed by atoms with van der Waals surface area (Å²) in [5, 5.41) is 0. The first kappa shape index (κ1) is 11.8. The maximum atomic E-state index is 13.2. The van der Waals surface area contributed by atoms with Crippen LogP contribution in [0.5, 0.6) is 5.75 Å². The van der Waals surface area contributed by atoms with Crippen LogP contribution in [0.4, 0.5) is 4.39 Å². The predicted molar refractivity (Wildman–Crippen MR) is 63.2 cm³/mol. The van der Waals surface area contributed by atoms with E-state index in [4.69, 9.17) is 8.74 Å². The van der Waals surface area contributed by atoms with Crippen LogP contribution in [-0.2, 0) is 11.4 Å². The molecule has 0 aliphatic rings. The van der Waals surface area contributed by atoms with E-state index in [0.29, 0.717) is 11.1 Å². The van der Waals surface area contributed by atoms with Gasteiger partial charge in [0.05, 0.1) is 0 Å². The van der Waals surface area contributed by atoms with Crippen molar-refractivity contribution >= 4 is 11.4 Å². The summed E-state index contributed by atoms with van der Waals surface area (Å²) >= 11 is -2.43. The van der Waals surface area contributed by atoms with Crippen molar-refractivity contribution in [2.45, 2.75) is 0 Å². The standard InChI is InChI=1S/C12H9FO3S/c13-10-6-7-12(16-17(14)15)11(8-10)9-4-2-1-3-5-9/h1-8H,(H,14,15). The topological polar surface area (TPSA) is 46.5 Å². The Balaban J connectivity index is 2.51. The van der Waals surface area contributed by atoms with Crippen molar-refractivity contribution in [3.05, 3.63) is 54.3 Å². The van der Waals surface area contributed by atoms with Crippen LogP contribution in [0.2, 0.25) is 0 Å². The molecule has 3 nitrogen and oxygen atoms in total. The smallest absolute Gasteiger partial charge is 0.357 e. The van der Waals surface area contributed by atoms with E-state index in [9.17, 15) is 8.60 Å². The van der Waals surface area contributed by atoms with Crippen LogP contribution in [0.25, 0.3) is 11.1 Å². The Kier molecular flexibility index (Phi) is 3.51. The minimum absolute atomic E-state index is 0.165. The average Bonchev–Trinajstić information content (AvgIpc) is 2.32. The molecule has 1 unspecified atom stereocenters. The van der Waals surface area contributed by atoms with Crippen molar-refractivity contribution in [2.75, 3.05) is 0 Å². The van der Waals surface area contributed by atoms with Crippen LogP contribution in [-0.4, -0.2) is 8.76 Å². The van der Waals surface area contributed by atoms with Crippen molar-refractivity contribution in [3.8, 4) is 16.9 Å². The lowest BCUT2D eigenvalue weighted by Crippen LogP contribution is -1.99. The van der Waals surface area contributed by atoms with Crippen LogP contribution in [0, 0.1) is 5.82 Å². The molecule has 0 spiro atoms. The molecule has 1 atom stereocenters. The second-order valence-corrected chi connectivity index (χ2v) is 3.91. The van der Waals surface area contributed by atoms with Gasteiger partial charge in [-0.2, -0.15) is 4.21 Å². The second kappa shape index (κ2) is 5.07. The molecular formula is C12H9FO3S. The largest absolute Gasteiger partial charge is 0.379 e. The van der Waals surface area contributed by atoms with Gasteiger partial charge in [-0.05, 0) is 23.8 Å². The van der Waals surface area contributed by atoms with Crippen LogP contribution < -0.4 is 4.18 Å². The Morgan fingerprint density at radius 3 is 2.47 bits per heavy atom. The minimum Gasteiger partial charge on any atom is -0.379 e. The molecule has 0 saturated carbocycles. The zero-order chi connectivity index (χ0) is 12.3. The van der Waals surface area contributed by atoms with Crippen molar-refractivity contribution in [2.24, 2.45) is 0 Å². The number of halogens is 1. The van der Waals surface area contributed by atoms with E-state index in [1.165, 1.54) is 18.2 Å². The summed E-state index contributed by atoms with van der Waals surface area (Å²) in [5.41, 5.74) is 1.15. The van der Waals surface area contributed by atoms with Gasteiger partial charge in [0.1, 0.15) is 5.82 Å². The van der Waals surface area contributed by atoms with Crippen molar-refractivity contribution in [1.82, 2.24) is 0 Å². The first-order valence-electron chi connectivity index (χ1n) is 4.81. The van der Waals surface area contributed by atoms with E-state index in [1.54, 1.807) is 24.3 Å². The third kappa shape index (κ3) is 2.89. The Morgan fingerprint density at radius 1 is 1.12 bits per heavy atom. The van der Waals surface area contributed by atoms with Crippen molar-refractivity contribution < 1.29 is 17.3 Å². The molecule has 0 amide bonds. The van der Waals surface area contributed by atoms with Gasteiger partial charge < -0.3 is 4.18 Å². The van der Waals surface area contributed by atoms with Crippen LogP contribution in [0.15, 0.2) is 48.5 Å². The lowest BCUT2D eigenvalue weighted by molar-refractivity contribution is 0.458. The van der Waals surface area contributed by atoms with Gasteiger partial charge in [0.2, 0.25) is 0 Å². The van der Waals surface area contributed by atoms with Gasteiger partial charge >= 0.3 is 11.4 Å². The summed E-state index contributed by atoms with van der Waals surface area (Å²) in [4.78, 5) is 0. The van der Waals surface area contributed by atoms with E-state index < -0.39 is 17.2 Å². The Labute approximate surface area is 100 Å². The number of benzene rings is 2. The summed E-state index contributed by atoms with van der Waals surface area (Å²) in [6.45, 7) is 0. The van der Waals surface area contributed by atoms with E-state index in [2.05, 4.69) is 0 Å². The van der Waals surface area contributed by atoms with Gasteiger partial charge in [0.15, 0.2) is 5.75 Å². The highest BCUT2D eigenvalue weighted by molar-refractivity contribution is 7.74. The fraction of sp³-hybridized carbons (Fsp3) is 0. The maximum Gasteiger partial charge on any atom is 0.357 e. The molecule has 88 valence electrons. The lowest BCUT2D eigenvalue weighted by Gasteiger charge is -2.08. The van der Waals surface area contributed by atoms with Gasteiger partial charge in [0, 0.05) is 5.56 Å². The van der Waals surface area contributed by atoms with E-state index in [-0.39, 0.29) is 5.75 Å². The molecule has 0 bridgehead atoms. The predicted octanol–water partition coefficient (Wildman–Crippen LogP) is 3.01. The first-order chi connectivity index (χ1) is 8.16. The van der Waals surface area contributed by atoms with Gasteiger partial charge in [-0.1, -0.05) is 30.3 Å². The molecule has 0 saturated heterocycles. The van der Waals surface area contributed by atoms with Gasteiger partial charge in [-0.3, -0.25) is 4.55 Å². The molecule has 2 rings (SSSR count). The summed E-state index contributed by atoms with van der Waals surface area (Å²) in [7, 11) is 0. The van der Waals surface area contributed by atoms with E-state index in [1.807, 2.05) is 6.07 Å². The average molecular weight is 252 g/mol. The van der Waals surface area contributed by atoms with Gasteiger partial charge in [-0.25, -0.2) is 4.39 Å². The summed E-state index contributed by atoms with van der Waals surface area (Å²) in [6, 6.07) is 12.7. The normalized spacial score (nSPS) is 12.1. The maximum absolute atomic E-state index is 13.2. The van der Waals surface area contributed by atoms with Crippen molar-refractivity contribution in [1.29, 1.82) is 0 Å². The third-order valence-corrected chi connectivity index (χ3v) is 2.51. The molecule has 0 aliphatic carbocycles.